The van der Waals surface area contributed by atoms with Crippen molar-refractivity contribution in [3.63, 3.8) is 0 Å². The van der Waals surface area contributed by atoms with Crippen LogP contribution in [0.2, 0.25) is 0 Å². The Morgan fingerprint density at radius 1 is 1.13 bits per heavy atom. The number of urea groups is 1. The van der Waals surface area contributed by atoms with Crippen molar-refractivity contribution in [1.29, 1.82) is 0 Å². The maximum atomic E-state index is 11.8. The fourth-order valence-electron chi connectivity index (χ4n) is 2.74. The van der Waals surface area contributed by atoms with Crippen molar-refractivity contribution >= 4 is 35.1 Å². The van der Waals surface area contributed by atoms with Crippen LogP contribution in [0.15, 0.2) is 54.7 Å². The molecule has 0 aliphatic rings. The molecule has 0 aliphatic heterocycles. The fourth-order valence-corrected chi connectivity index (χ4v) is 2.74. The molecule has 0 aliphatic carbocycles. The monoisotopic (exact) mass is 421 g/mol. The quantitative estimate of drug-likeness (QED) is 0.376. The lowest BCUT2D eigenvalue weighted by Gasteiger charge is -2.14. The van der Waals surface area contributed by atoms with E-state index < -0.39 is 5.91 Å². The van der Waals surface area contributed by atoms with Crippen LogP contribution in [0.3, 0.4) is 0 Å². The number of nitrogens with two attached hydrogens (primary N) is 1. The summed E-state index contributed by atoms with van der Waals surface area (Å²) in [5, 5.41) is 11.3. The molecule has 0 unspecified atom stereocenters. The van der Waals surface area contributed by atoms with E-state index in [1.54, 1.807) is 18.2 Å². The molecule has 3 amide bonds. The third-order valence-corrected chi connectivity index (χ3v) is 4.29. The third-order valence-electron chi connectivity index (χ3n) is 4.29. The van der Waals surface area contributed by atoms with Crippen molar-refractivity contribution < 1.29 is 14.3 Å². The molecule has 31 heavy (non-hydrogen) atoms. The van der Waals surface area contributed by atoms with Gasteiger partial charge < -0.3 is 31.7 Å². The van der Waals surface area contributed by atoms with Gasteiger partial charge in [0.15, 0.2) is 0 Å². The Hall–Kier alpha value is -4.34. The van der Waals surface area contributed by atoms with Gasteiger partial charge in [-0.25, -0.2) is 9.78 Å². The number of amides is 3. The van der Waals surface area contributed by atoms with Crippen LogP contribution in [0.25, 0.3) is 0 Å². The smallest absolute Gasteiger partial charge is 0.319 e. The second-order valence-electron chi connectivity index (χ2n) is 6.40. The molecule has 1 aromatic heterocycles. The summed E-state index contributed by atoms with van der Waals surface area (Å²) in [6.45, 7) is 0.459. The van der Waals surface area contributed by atoms with Gasteiger partial charge in [-0.1, -0.05) is 30.3 Å². The summed E-state index contributed by atoms with van der Waals surface area (Å²) < 4.78 is 5.27. The third kappa shape index (κ3) is 5.60. The molecule has 3 rings (SSSR count). The lowest BCUT2D eigenvalue weighted by atomic mass is 10.2. The highest BCUT2D eigenvalue weighted by atomic mass is 16.5. The van der Waals surface area contributed by atoms with Crippen LogP contribution in [0, 0.1) is 0 Å². The van der Waals surface area contributed by atoms with Crippen molar-refractivity contribution in [1.82, 2.24) is 15.3 Å². The number of aromatic nitrogens is 2. The van der Waals surface area contributed by atoms with Crippen molar-refractivity contribution in [3.8, 4) is 5.75 Å². The lowest BCUT2D eigenvalue weighted by Crippen LogP contribution is -2.24. The first-order chi connectivity index (χ1) is 15.0. The van der Waals surface area contributed by atoms with E-state index in [2.05, 4.69) is 31.2 Å². The molecule has 0 fully saturated rings. The van der Waals surface area contributed by atoms with Crippen molar-refractivity contribution in [2.45, 2.75) is 6.54 Å². The van der Waals surface area contributed by atoms with Gasteiger partial charge in [0.05, 0.1) is 18.4 Å². The highest BCUT2D eigenvalue weighted by molar-refractivity contribution is 5.97. The van der Waals surface area contributed by atoms with Crippen LogP contribution >= 0.6 is 0 Å². The molecule has 0 atom stereocenters. The van der Waals surface area contributed by atoms with Crippen LogP contribution in [-0.2, 0) is 6.54 Å². The molecule has 0 spiro atoms. The minimum atomic E-state index is -0.636. The SMILES string of the molecule is CNC(=O)Nc1cc(Nc2ncc(C(N)=O)c(NCc3ccccc3)n2)ccc1OC. The minimum Gasteiger partial charge on any atom is -0.495 e. The predicted octanol–water partition coefficient (Wildman–Crippen LogP) is 2.69. The molecule has 10 heteroatoms. The number of carbonyl (C=O) groups is 2. The maximum absolute atomic E-state index is 11.8. The van der Waals surface area contributed by atoms with Crippen LogP contribution in [0.1, 0.15) is 15.9 Å². The van der Waals surface area contributed by atoms with E-state index in [0.29, 0.717) is 29.5 Å². The first-order valence-electron chi connectivity index (χ1n) is 9.38. The van der Waals surface area contributed by atoms with E-state index in [0.717, 1.165) is 5.56 Å². The zero-order chi connectivity index (χ0) is 22.2. The molecule has 6 N–H and O–H groups in total. The average Bonchev–Trinajstić information content (AvgIpc) is 2.78. The van der Waals surface area contributed by atoms with Gasteiger partial charge in [0.1, 0.15) is 11.6 Å². The number of primary amides is 1. The molecule has 2 aromatic carbocycles. The number of ether oxygens (including phenoxy) is 1. The van der Waals surface area contributed by atoms with Crippen LogP contribution in [0.5, 0.6) is 5.75 Å². The second kappa shape index (κ2) is 9.92. The average molecular weight is 421 g/mol. The zero-order valence-corrected chi connectivity index (χ0v) is 17.1. The van der Waals surface area contributed by atoms with Crippen molar-refractivity contribution in [3.05, 3.63) is 65.9 Å². The molecule has 0 bridgehead atoms. The number of hydrogen-bond donors (Lipinski definition) is 5. The van der Waals surface area contributed by atoms with E-state index in [1.807, 2.05) is 30.3 Å². The molecule has 0 saturated heterocycles. The largest absolute Gasteiger partial charge is 0.495 e. The van der Waals surface area contributed by atoms with Crippen LogP contribution < -0.4 is 31.7 Å². The van der Waals surface area contributed by atoms with E-state index in [4.69, 9.17) is 10.5 Å². The number of benzene rings is 2. The topological polar surface area (TPSA) is 143 Å². The summed E-state index contributed by atoms with van der Waals surface area (Å²) in [5.74, 6) is 0.413. The van der Waals surface area contributed by atoms with Crippen molar-refractivity contribution in [2.24, 2.45) is 5.73 Å². The molecule has 160 valence electrons. The predicted molar refractivity (Wildman–Crippen MR) is 119 cm³/mol. The van der Waals surface area contributed by atoms with Gasteiger partial charge in [0.2, 0.25) is 5.95 Å². The molecular weight excluding hydrogens is 398 g/mol. The first-order valence-corrected chi connectivity index (χ1v) is 9.38. The van der Waals surface area contributed by atoms with Crippen LogP contribution in [0.4, 0.5) is 27.9 Å². The normalized spacial score (nSPS) is 10.1. The van der Waals surface area contributed by atoms with E-state index in [1.165, 1.54) is 20.4 Å². The molecule has 0 saturated carbocycles. The maximum Gasteiger partial charge on any atom is 0.319 e. The van der Waals surface area contributed by atoms with Gasteiger partial charge in [-0.05, 0) is 23.8 Å². The van der Waals surface area contributed by atoms with Gasteiger partial charge in [-0.15, -0.1) is 0 Å². The van der Waals surface area contributed by atoms with Crippen molar-refractivity contribution in [2.75, 3.05) is 30.1 Å². The van der Waals surface area contributed by atoms with Gasteiger partial charge in [-0.2, -0.15) is 4.98 Å². The van der Waals surface area contributed by atoms with Gasteiger partial charge in [0, 0.05) is 25.5 Å². The van der Waals surface area contributed by atoms with E-state index >= 15 is 0 Å². The Morgan fingerprint density at radius 3 is 2.58 bits per heavy atom. The summed E-state index contributed by atoms with van der Waals surface area (Å²) in [7, 11) is 3.02. The summed E-state index contributed by atoms with van der Waals surface area (Å²) in [6.07, 6.45) is 1.36. The Bertz CT molecular complexity index is 1070. The molecule has 1 heterocycles. The molecule has 10 nitrogen and oxygen atoms in total. The number of rotatable bonds is 8. The number of hydrogen-bond acceptors (Lipinski definition) is 7. The first kappa shape index (κ1) is 21.4. The number of nitrogens with zero attached hydrogens (tertiary/aromatic N) is 2. The Balaban J connectivity index is 1.83. The highest BCUT2D eigenvalue weighted by Gasteiger charge is 2.13. The molecule has 3 aromatic rings. The van der Waals surface area contributed by atoms with Gasteiger partial charge in [-0.3, -0.25) is 4.79 Å². The summed E-state index contributed by atoms with van der Waals surface area (Å²) in [4.78, 5) is 32.0. The van der Waals surface area contributed by atoms with E-state index in [9.17, 15) is 9.59 Å². The van der Waals surface area contributed by atoms with Crippen LogP contribution in [-0.4, -0.2) is 36.1 Å². The summed E-state index contributed by atoms with van der Waals surface area (Å²) in [6, 6.07) is 14.4. The number of nitrogens with one attached hydrogen (secondary N) is 4. The standard InChI is InChI=1S/C21H23N7O3/c1-23-21(30)27-16-10-14(8-9-17(16)31-2)26-20-25-12-15(18(22)29)19(28-20)24-11-13-6-4-3-5-7-13/h3-10,12H,11H2,1-2H3,(H2,22,29)(H2,23,27,30)(H2,24,25,26,28). The molecule has 0 radical (unpaired) electrons. The Morgan fingerprint density at radius 2 is 1.90 bits per heavy atom. The Labute approximate surface area is 179 Å². The number of carbonyl (C=O) groups excluding carboxylic acids is 2. The minimum absolute atomic E-state index is 0.179. The summed E-state index contributed by atoms with van der Waals surface area (Å²) >= 11 is 0. The lowest BCUT2D eigenvalue weighted by molar-refractivity contribution is 0.100. The highest BCUT2D eigenvalue weighted by Crippen LogP contribution is 2.29. The second-order valence-corrected chi connectivity index (χ2v) is 6.40. The Kier molecular flexibility index (Phi) is 6.84. The zero-order valence-electron chi connectivity index (χ0n) is 17.1. The molecular formula is C21H23N7O3. The van der Waals surface area contributed by atoms with E-state index in [-0.39, 0.29) is 17.5 Å². The number of methoxy groups -OCH3 is 1. The van der Waals surface area contributed by atoms with Gasteiger partial charge in [0.25, 0.3) is 5.91 Å². The fraction of sp³-hybridized carbons (Fsp3) is 0.143. The summed E-state index contributed by atoms with van der Waals surface area (Å²) in [5.41, 5.74) is 7.72. The number of anilines is 4. The van der Waals surface area contributed by atoms with Gasteiger partial charge >= 0.3 is 6.03 Å².